The third-order valence-corrected chi connectivity index (χ3v) is 5.41. The summed E-state index contributed by atoms with van der Waals surface area (Å²) < 4.78 is 6.21. The molecule has 2 rings (SSSR count). The van der Waals surface area contributed by atoms with Gasteiger partial charge in [-0.15, -0.1) is 11.3 Å². The Kier molecular flexibility index (Phi) is 5.18. The van der Waals surface area contributed by atoms with Gasteiger partial charge in [0.15, 0.2) is 0 Å². The van der Waals surface area contributed by atoms with Gasteiger partial charge in [0.1, 0.15) is 0 Å². The van der Waals surface area contributed by atoms with Gasteiger partial charge >= 0.3 is 0 Å². The third-order valence-electron chi connectivity index (χ3n) is 4.61. The quantitative estimate of drug-likeness (QED) is 0.626. The summed E-state index contributed by atoms with van der Waals surface area (Å²) in [5.74, 6) is 5.86. The summed E-state index contributed by atoms with van der Waals surface area (Å²) in [6.45, 7) is 7.50. The zero-order valence-corrected chi connectivity index (χ0v) is 13.6. The second kappa shape index (κ2) is 6.52. The number of nitrogens with two attached hydrogens (primary N) is 1. The summed E-state index contributed by atoms with van der Waals surface area (Å²) in [7, 11) is 0. The lowest BCUT2D eigenvalue weighted by molar-refractivity contribution is -0.106. The molecule has 0 bridgehead atoms. The van der Waals surface area contributed by atoms with Crippen LogP contribution in [0, 0.1) is 5.41 Å². The highest BCUT2D eigenvalue weighted by atomic mass is 32.1. The lowest BCUT2D eigenvalue weighted by Crippen LogP contribution is -2.58. The topological polar surface area (TPSA) is 60.2 Å². The van der Waals surface area contributed by atoms with Crippen molar-refractivity contribution in [2.75, 3.05) is 6.61 Å². The molecule has 4 nitrogen and oxygen atoms in total. The average molecular weight is 297 g/mol. The van der Waals surface area contributed by atoms with Gasteiger partial charge in [-0.3, -0.25) is 16.3 Å². The van der Waals surface area contributed by atoms with Crippen molar-refractivity contribution in [1.82, 2.24) is 10.4 Å². The van der Waals surface area contributed by atoms with Gasteiger partial charge in [0.05, 0.1) is 17.2 Å². The van der Waals surface area contributed by atoms with E-state index in [9.17, 15) is 0 Å². The first kappa shape index (κ1) is 15.9. The molecule has 0 aliphatic heterocycles. The van der Waals surface area contributed by atoms with Crippen LogP contribution in [0.2, 0.25) is 0 Å². The molecule has 1 aliphatic rings. The molecule has 0 aromatic carbocycles. The second-order valence-corrected chi connectivity index (χ2v) is 7.52. The van der Waals surface area contributed by atoms with Gasteiger partial charge < -0.3 is 4.74 Å². The fraction of sp³-hybridized carbons (Fsp3) is 0.800. The molecule has 1 heterocycles. The maximum absolute atomic E-state index is 6.21. The fourth-order valence-electron chi connectivity index (χ4n) is 3.17. The smallest absolute Gasteiger partial charge is 0.0851 e. The Morgan fingerprint density at radius 3 is 2.60 bits per heavy atom. The first-order valence-corrected chi connectivity index (χ1v) is 8.37. The summed E-state index contributed by atoms with van der Waals surface area (Å²) in [6, 6.07) is 0.152. The molecule has 1 unspecified atom stereocenters. The summed E-state index contributed by atoms with van der Waals surface area (Å²) in [5, 5.41) is 0. The molecule has 1 fully saturated rings. The van der Waals surface area contributed by atoms with Crippen molar-refractivity contribution in [2.45, 2.75) is 64.5 Å². The van der Waals surface area contributed by atoms with E-state index in [0.717, 1.165) is 25.9 Å². The van der Waals surface area contributed by atoms with E-state index in [4.69, 9.17) is 10.6 Å². The highest BCUT2D eigenvalue weighted by Crippen LogP contribution is 2.44. The lowest BCUT2D eigenvalue weighted by Gasteiger charge is -2.47. The average Bonchev–Trinajstić information content (AvgIpc) is 2.92. The predicted octanol–water partition coefficient (Wildman–Crippen LogP) is 2.89. The van der Waals surface area contributed by atoms with Crippen LogP contribution in [0.5, 0.6) is 0 Å². The molecule has 1 aromatic rings. The number of aromatic nitrogens is 1. The van der Waals surface area contributed by atoms with Gasteiger partial charge in [-0.1, -0.05) is 13.8 Å². The summed E-state index contributed by atoms with van der Waals surface area (Å²) in [6.07, 6.45) is 7.34. The Bertz CT molecular complexity index is 395. The molecule has 0 spiro atoms. The van der Waals surface area contributed by atoms with Crippen molar-refractivity contribution < 1.29 is 4.74 Å². The number of hydrazine groups is 1. The van der Waals surface area contributed by atoms with Crippen molar-refractivity contribution in [3.8, 4) is 0 Å². The molecule has 0 amide bonds. The zero-order chi connectivity index (χ0) is 14.6. The van der Waals surface area contributed by atoms with Crippen LogP contribution in [0.3, 0.4) is 0 Å². The van der Waals surface area contributed by atoms with Crippen molar-refractivity contribution in [3.63, 3.8) is 0 Å². The van der Waals surface area contributed by atoms with E-state index in [1.807, 2.05) is 11.7 Å². The van der Waals surface area contributed by atoms with Crippen molar-refractivity contribution in [2.24, 2.45) is 11.3 Å². The predicted molar refractivity (Wildman–Crippen MR) is 83.5 cm³/mol. The molecule has 1 atom stereocenters. The molecule has 5 heteroatoms. The minimum absolute atomic E-state index is 0.136. The van der Waals surface area contributed by atoms with E-state index in [-0.39, 0.29) is 11.6 Å². The van der Waals surface area contributed by atoms with Gasteiger partial charge in [-0.2, -0.15) is 0 Å². The first-order valence-electron chi connectivity index (χ1n) is 7.49. The van der Waals surface area contributed by atoms with Crippen LogP contribution in [0.1, 0.15) is 51.3 Å². The van der Waals surface area contributed by atoms with Crippen LogP contribution < -0.4 is 11.3 Å². The number of ether oxygens (including phenoxy) is 1. The van der Waals surface area contributed by atoms with Gasteiger partial charge in [-0.25, -0.2) is 0 Å². The van der Waals surface area contributed by atoms with Crippen LogP contribution in [-0.2, 0) is 11.2 Å². The Morgan fingerprint density at radius 1 is 1.40 bits per heavy atom. The molecular weight excluding hydrogens is 270 g/mol. The number of thiazole rings is 1. The van der Waals surface area contributed by atoms with Crippen molar-refractivity contribution >= 4 is 11.3 Å². The second-order valence-electron chi connectivity index (χ2n) is 6.55. The van der Waals surface area contributed by atoms with Gasteiger partial charge in [-0.05, 0) is 38.0 Å². The monoisotopic (exact) mass is 297 g/mol. The van der Waals surface area contributed by atoms with E-state index < -0.39 is 0 Å². The van der Waals surface area contributed by atoms with Crippen LogP contribution >= 0.6 is 11.3 Å². The maximum Gasteiger partial charge on any atom is 0.0851 e. The molecule has 114 valence electrons. The minimum Gasteiger partial charge on any atom is -0.374 e. The summed E-state index contributed by atoms with van der Waals surface area (Å²) in [5.41, 5.74) is 5.18. The number of hydrogen-bond acceptors (Lipinski definition) is 5. The molecule has 1 aliphatic carbocycles. The number of nitrogens with zero attached hydrogens (tertiary/aromatic N) is 1. The van der Waals surface area contributed by atoms with Crippen molar-refractivity contribution in [1.29, 1.82) is 0 Å². The molecular formula is C15H27N3OS. The maximum atomic E-state index is 6.21. The standard InChI is InChI=1S/C15H27N3OS/c1-4-19-15(7-5-14(2,3)6-8-15)13(18-16)9-12-10-17-11-20-12/h10-11,13,18H,4-9,16H2,1-3H3. The van der Waals surface area contributed by atoms with Crippen LogP contribution in [0.15, 0.2) is 11.7 Å². The molecule has 0 saturated heterocycles. The van der Waals surface area contributed by atoms with E-state index in [1.165, 1.54) is 17.7 Å². The summed E-state index contributed by atoms with van der Waals surface area (Å²) in [4.78, 5) is 5.42. The Labute approximate surface area is 126 Å². The van der Waals surface area contributed by atoms with Gasteiger partial charge in [0, 0.05) is 24.1 Å². The van der Waals surface area contributed by atoms with Crippen molar-refractivity contribution in [3.05, 3.63) is 16.6 Å². The van der Waals surface area contributed by atoms with E-state index in [0.29, 0.717) is 5.41 Å². The Morgan fingerprint density at radius 2 is 2.10 bits per heavy atom. The number of nitrogens with one attached hydrogen (secondary N) is 1. The Balaban J connectivity index is 2.13. The summed E-state index contributed by atoms with van der Waals surface area (Å²) >= 11 is 1.68. The third kappa shape index (κ3) is 3.58. The molecule has 1 aromatic heterocycles. The van der Waals surface area contributed by atoms with Gasteiger partial charge in [0.2, 0.25) is 0 Å². The molecule has 0 radical (unpaired) electrons. The highest BCUT2D eigenvalue weighted by molar-refractivity contribution is 7.09. The van der Waals surface area contributed by atoms with Crippen LogP contribution in [0.4, 0.5) is 0 Å². The fourth-order valence-corrected chi connectivity index (χ4v) is 3.81. The number of rotatable bonds is 6. The molecule has 1 saturated carbocycles. The van der Waals surface area contributed by atoms with E-state index in [2.05, 4.69) is 31.2 Å². The lowest BCUT2D eigenvalue weighted by atomic mass is 9.68. The highest BCUT2D eigenvalue weighted by Gasteiger charge is 2.44. The zero-order valence-electron chi connectivity index (χ0n) is 12.8. The van der Waals surface area contributed by atoms with E-state index in [1.54, 1.807) is 11.3 Å². The van der Waals surface area contributed by atoms with E-state index >= 15 is 0 Å². The Hall–Kier alpha value is -0.490. The first-order chi connectivity index (χ1) is 9.51. The molecule has 20 heavy (non-hydrogen) atoms. The number of hydrogen-bond donors (Lipinski definition) is 2. The van der Waals surface area contributed by atoms with Gasteiger partial charge in [0.25, 0.3) is 0 Å². The normalized spacial score (nSPS) is 22.6. The SMILES string of the molecule is CCOC1(C(Cc2cncs2)NN)CCC(C)(C)CC1. The minimum atomic E-state index is -0.136. The largest absolute Gasteiger partial charge is 0.374 e. The van der Waals surface area contributed by atoms with Crippen LogP contribution in [-0.4, -0.2) is 23.2 Å². The van der Waals surface area contributed by atoms with Crippen LogP contribution in [0.25, 0.3) is 0 Å². The molecule has 3 N–H and O–H groups in total.